The van der Waals surface area contributed by atoms with Crippen LogP contribution < -0.4 is 16.2 Å². The molecule has 3 N–H and O–H groups in total. The Morgan fingerprint density at radius 1 is 1.04 bits per heavy atom. The lowest BCUT2D eigenvalue weighted by atomic mass is 10.2. The number of hydrogen-bond donors (Lipinski definition) is 3. The van der Waals surface area contributed by atoms with Crippen LogP contribution in [0.2, 0.25) is 5.02 Å². The first-order valence-corrected chi connectivity index (χ1v) is 8.65. The number of esters is 1. The van der Waals surface area contributed by atoms with Gasteiger partial charge in [-0.3, -0.25) is 20.4 Å². The van der Waals surface area contributed by atoms with Gasteiger partial charge in [0, 0.05) is 23.6 Å². The van der Waals surface area contributed by atoms with Crippen LogP contribution in [0.3, 0.4) is 0 Å². The predicted octanol–water partition coefficient (Wildman–Crippen LogP) is 2.78. The van der Waals surface area contributed by atoms with Crippen molar-refractivity contribution < 1.29 is 19.1 Å². The van der Waals surface area contributed by atoms with Crippen LogP contribution in [0.4, 0.5) is 5.69 Å². The summed E-state index contributed by atoms with van der Waals surface area (Å²) in [7, 11) is 1.29. The molecule has 0 heterocycles. The summed E-state index contributed by atoms with van der Waals surface area (Å²) in [4.78, 5) is 35.5. The maximum atomic E-state index is 11.9. The molecule has 0 saturated carbocycles. The first-order valence-electron chi connectivity index (χ1n) is 8.27. The quantitative estimate of drug-likeness (QED) is 0.366. The smallest absolute Gasteiger partial charge is 0.340 e. The molecule has 0 spiro atoms. The molecule has 0 saturated heterocycles. The number of methoxy groups -OCH3 is 1. The second-order valence-electron chi connectivity index (χ2n) is 5.58. The number of carbonyl (C=O) groups excluding carboxylic acids is 3. The normalized spacial score (nSPS) is 10.0. The summed E-state index contributed by atoms with van der Waals surface area (Å²) < 4.78 is 4.69. The van der Waals surface area contributed by atoms with Crippen molar-refractivity contribution >= 4 is 35.1 Å². The van der Waals surface area contributed by atoms with Gasteiger partial charge < -0.3 is 10.1 Å². The van der Waals surface area contributed by atoms with E-state index in [4.69, 9.17) is 11.6 Å². The van der Waals surface area contributed by atoms with Gasteiger partial charge in [0.2, 0.25) is 5.91 Å². The van der Waals surface area contributed by atoms with Crippen molar-refractivity contribution in [3.8, 4) is 0 Å². The van der Waals surface area contributed by atoms with Crippen LogP contribution in [0.5, 0.6) is 0 Å². The molecule has 0 fully saturated rings. The summed E-state index contributed by atoms with van der Waals surface area (Å²) in [5.74, 6) is -0.995. The van der Waals surface area contributed by atoms with E-state index in [1.165, 1.54) is 7.11 Å². The van der Waals surface area contributed by atoms with E-state index < -0.39 is 5.97 Å². The molecule has 0 atom stereocenters. The summed E-state index contributed by atoms with van der Waals surface area (Å²) in [6, 6.07) is 13.2. The highest BCUT2D eigenvalue weighted by Gasteiger charge is 2.11. The molecule has 0 unspecified atom stereocenters. The van der Waals surface area contributed by atoms with Crippen molar-refractivity contribution in [1.29, 1.82) is 0 Å². The van der Waals surface area contributed by atoms with Crippen LogP contribution in [-0.2, 0) is 9.53 Å². The van der Waals surface area contributed by atoms with Gasteiger partial charge in [-0.2, -0.15) is 0 Å². The molecule has 2 aromatic rings. The van der Waals surface area contributed by atoms with Gasteiger partial charge in [-0.1, -0.05) is 23.7 Å². The lowest BCUT2D eigenvalue weighted by Crippen LogP contribution is -2.31. The molecule has 7 nitrogen and oxygen atoms in total. The fraction of sp³-hybridized carbons (Fsp3) is 0.211. The Kier molecular flexibility index (Phi) is 7.63. The number of anilines is 1. The van der Waals surface area contributed by atoms with E-state index in [-0.39, 0.29) is 18.2 Å². The van der Waals surface area contributed by atoms with E-state index in [0.29, 0.717) is 34.8 Å². The minimum absolute atomic E-state index is 0.203. The molecular weight excluding hydrogens is 370 g/mol. The molecular formula is C19H20ClN3O4. The number of nitrogens with one attached hydrogen (secondary N) is 3. The molecule has 0 aliphatic rings. The van der Waals surface area contributed by atoms with E-state index in [1.807, 2.05) is 0 Å². The molecule has 0 aliphatic heterocycles. The van der Waals surface area contributed by atoms with Gasteiger partial charge in [-0.25, -0.2) is 4.79 Å². The minimum atomic E-state index is -0.503. The van der Waals surface area contributed by atoms with Gasteiger partial charge in [0.25, 0.3) is 5.91 Å². The van der Waals surface area contributed by atoms with Gasteiger partial charge in [0.15, 0.2) is 0 Å². The molecule has 0 aliphatic carbocycles. The van der Waals surface area contributed by atoms with Crippen LogP contribution in [0, 0.1) is 0 Å². The number of hydrazine groups is 1. The van der Waals surface area contributed by atoms with Crippen LogP contribution >= 0.6 is 11.6 Å². The number of ether oxygens (including phenoxy) is 1. The fourth-order valence-corrected chi connectivity index (χ4v) is 2.36. The number of hydrogen-bond acceptors (Lipinski definition) is 5. The topological polar surface area (TPSA) is 96.5 Å². The highest BCUT2D eigenvalue weighted by Crippen LogP contribution is 2.14. The third kappa shape index (κ3) is 6.31. The largest absolute Gasteiger partial charge is 0.465 e. The second kappa shape index (κ2) is 10.2. The Labute approximate surface area is 162 Å². The lowest BCUT2D eigenvalue weighted by Gasteiger charge is -2.12. The van der Waals surface area contributed by atoms with E-state index >= 15 is 0 Å². The summed E-state index contributed by atoms with van der Waals surface area (Å²) in [5, 5.41) is 3.30. The molecule has 0 aromatic heterocycles. The minimum Gasteiger partial charge on any atom is -0.465 e. The molecule has 2 rings (SSSR count). The van der Waals surface area contributed by atoms with E-state index in [1.54, 1.807) is 48.5 Å². The molecule has 0 radical (unpaired) electrons. The molecule has 27 heavy (non-hydrogen) atoms. The first-order chi connectivity index (χ1) is 13.0. The number of para-hydroxylation sites is 1. The zero-order valence-corrected chi connectivity index (χ0v) is 15.5. The van der Waals surface area contributed by atoms with Crippen LogP contribution in [0.25, 0.3) is 0 Å². The summed E-state index contributed by atoms with van der Waals surface area (Å²) in [6.07, 6.45) is 0.666. The zero-order valence-electron chi connectivity index (χ0n) is 14.8. The highest BCUT2D eigenvalue weighted by molar-refractivity contribution is 6.30. The predicted molar refractivity (Wildman–Crippen MR) is 103 cm³/mol. The third-order valence-corrected chi connectivity index (χ3v) is 3.89. The van der Waals surface area contributed by atoms with Crippen LogP contribution in [0.15, 0.2) is 48.5 Å². The number of rotatable bonds is 8. The SMILES string of the molecule is COC(=O)c1ccccc1NNC(=O)CCCNC(=O)c1ccc(Cl)cc1. The third-order valence-electron chi connectivity index (χ3n) is 3.64. The van der Waals surface area contributed by atoms with E-state index in [0.717, 1.165) is 0 Å². The Morgan fingerprint density at radius 3 is 2.44 bits per heavy atom. The van der Waals surface area contributed by atoms with Crippen molar-refractivity contribution in [3.05, 3.63) is 64.7 Å². The Bertz CT molecular complexity index is 809. The van der Waals surface area contributed by atoms with Gasteiger partial charge >= 0.3 is 5.97 Å². The monoisotopic (exact) mass is 389 g/mol. The van der Waals surface area contributed by atoms with E-state index in [9.17, 15) is 14.4 Å². The van der Waals surface area contributed by atoms with Crippen molar-refractivity contribution in [3.63, 3.8) is 0 Å². The molecule has 0 bridgehead atoms. The van der Waals surface area contributed by atoms with Crippen molar-refractivity contribution in [2.24, 2.45) is 0 Å². The fourth-order valence-electron chi connectivity index (χ4n) is 2.23. The first kappa shape index (κ1) is 20.3. The molecule has 2 aromatic carbocycles. The maximum absolute atomic E-state index is 11.9. The van der Waals surface area contributed by atoms with Gasteiger partial charge in [0.1, 0.15) is 0 Å². The zero-order chi connectivity index (χ0) is 19.6. The number of carbonyl (C=O) groups is 3. The van der Waals surface area contributed by atoms with Crippen molar-refractivity contribution in [1.82, 2.24) is 10.7 Å². The summed E-state index contributed by atoms with van der Waals surface area (Å²) in [5.41, 5.74) is 6.49. The van der Waals surface area contributed by atoms with Gasteiger partial charge in [-0.15, -0.1) is 0 Å². The summed E-state index contributed by atoms with van der Waals surface area (Å²) in [6.45, 7) is 0.355. The highest BCUT2D eigenvalue weighted by atomic mass is 35.5. The number of amides is 2. The van der Waals surface area contributed by atoms with Gasteiger partial charge in [0.05, 0.1) is 18.4 Å². The second-order valence-corrected chi connectivity index (χ2v) is 6.01. The Morgan fingerprint density at radius 2 is 1.74 bits per heavy atom. The summed E-state index contributed by atoms with van der Waals surface area (Å²) >= 11 is 5.78. The standard InChI is InChI=1S/C19H20ClN3O4/c1-27-19(26)15-5-2-3-6-16(15)22-23-17(24)7-4-12-21-18(25)13-8-10-14(20)11-9-13/h2-3,5-6,8-11,22H,4,7,12H2,1H3,(H,21,25)(H,23,24). The molecule has 8 heteroatoms. The number of benzene rings is 2. The van der Waals surface area contributed by atoms with Crippen molar-refractivity contribution in [2.45, 2.75) is 12.8 Å². The maximum Gasteiger partial charge on any atom is 0.340 e. The average Bonchev–Trinajstić information content (AvgIpc) is 2.69. The number of halogens is 1. The van der Waals surface area contributed by atoms with Crippen molar-refractivity contribution in [2.75, 3.05) is 19.1 Å². The van der Waals surface area contributed by atoms with Crippen LogP contribution in [-0.4, -0.2) is 31.4 Å². The van der Waals surface area contributed by atoms with Crippen LogP contribution in [0.1, 0.15) is 33.6 Å². The lowest BCUT2D eigenvalue weighted by molar-refractivity contribution is -0.120. The van der Waals surface area contributed by atoms with Gasteiger partial charge in [-0.05, 0) is 42.8 Å². The Hall–Kier alpha value is -3.06. The Balaban J connectivity index is 1.72. The van der Waals surface area contributed by atoms with E-state index in [2.05, 4.69) is 20.9 Å². The average molecular weight is 390 g/mol. The molecule has 142 valence electrons. The molecule has 2 amide bonds.